The molecule has 1 N–H and O–H groups in total. The first-order valence-corrected chi connectivity index (χ1v) is 7.80. The van der Waals surface area contributed by atoms with Gasteiger partial charge in [0.2, 0.25) is 5.91 Å². The minimum absolute atomic E-state index is 0.0573. The second kappa shape index (κ2) is 8.25. The van der Waals surface area contributed by atoms with Crippen molar-refractivity contribution < 1.29 is 14.3 Å². The van der Waals surface area contributed by atoms with E-state index in [1.54, 1.807) is 6.07 Å². The fourth-order valence-electron chi connectivity index (χ4n) is 2.31. The molecule has 5 heteroatoms. The summed E-state index contributed by atoms with van der Waals surface area (Å²) in [5.74, 6) is 0.876. The fourth-order valence-corrected chi connectivity index (χ4v) is 2.54. The Bertz CT molecular complexity index is 473. The first-order chi connectivity index (χ1) is 10.1. The van der Waals surface area contributed by atoms with Crippen LogP contribution in [0.3, 0.4) is 0 Å². The third kappa shape index (κ3) is 5.56. The summed E-state index contributed by atoms with van der Waals surface area (Å²) in [7, 11) is 0. The van der Waals surface area contributed by atoms with Crippen LogP contribution in [0.25, 0.3) is 0 Å². The molecule has 116 valence electrons. The Hall–Kier alpha value is -1.26. The van der Waals surface area contributed by atoms with E-state index in [4.69, 9.17) is 21.1 Å². The molecule has 1 aromatic carbocycles. The predicted molar refractivity (Wildman–Crippen MR) is 82.9 cm³/mol. The van der Waals surface area contributed by atoms with Crippen molar-refractivity contribution in [1.29, 1.82) is 0 Å². The van der Waals surface area contributed by atoms with Gasteiger partial charge in [0, 0.05) is 24.6 Å². The van der Waals surface area contributed by atoms with Gasteiger partial charge in [-0.2, -0.15) is 0 Å². The molecule has 1 atom stereocenters. The summed E-state index contributed by atoms with van der Waals surface area (Å²) in [5, 5.41) is 3.61. The van der Waals surface area contributed by atoms with Crippen LogP contribution >= 0.6 is 11.6 Å². The van der Waals surface area contributed by atoms with Crippen molar-refractivity contribution in [3.8, 4) is 5.75 Å². The molecule has 1 aromatic rings. The van der Waals surface area contributed by atoms with Crippen LogP contribution in [0.5, 0.6) is 5.75 Å². The van der Waals surface area contributed by atoms with Crippen molar-refractivity contribution in [1.82, 2.24) is 5.32 Å². The highest BCUT2D eigenvalue weighted by Gasteiger charge is 2.15. The summed E-state index contributed by atoms with van der Waals surface area (Å²) in [6.07, 6.45) is 3.49. The van der Waals surface area contributed by atoms with E-state index in [0.717, 1.165) is 30.8 Å². The van der Waals surface area contributed by atoms with Crippen molar-refractivity contribution in [2.45, 2.75) is 38.7 Å². The quantitative estimate of drug-likeness (QED) is 0.787. The average Bonchev–Trinajstić information content (AvgIpc) is 2.96. The molecule has 0 spiro atoms. The Kier molecular flexibility index (Phi) is 6.33. The lowest BCUT2D eigenvalue weighted by atomic mass is 10.2. The lowest BCUT2D eigenvalue weighted by Crippen LogP contribution is -2.31. The lowest BCUT2D eigenvalue weighted by Gasteiger charge is -2.11. The number of hydrogen-bond donors (Lipinski definition) is 1. The van der Waals surface area contributed by atoms with E-state index in [9.17, 15) is 4.79 Å². The molecule has 0 bridgehead atoms. The molecule has 0 aromatic heterocycles. The number of hydrogen-bond acceptors (Lipinski definition) is 3. The predicted octanol–water partition coefficient (Wildman–Crippen LogP) is 3.10. The smallest absolute Gasteiger partial charge is 0.220 e. The normalized spacial score (nSPS) is 17.7. The summed E-state index contributed by atoms with van der Waals surface area (Å²) in [6.45, 7) is 3.91. The largest absolute Gasteiger partial charge is 0.493 e. The first kappa shape index (κ1) is 16.1. The van der Waals surface area contributed by atoms with Gasteiger partial charge in [-0.15, -0.1) is 0 Å². The van der Waals surface area contributed by atoms with Crippen LogP contribution in [0.15, 0.2) is 18.2 Å². The Labute approximate surface area is 130 Å². The van der Waals surface area contributed by atoms with Gasteiger partial charge in [-0.05, 0) is 49.9 Å². The molecule has 0 unspecified atom stereocenters. The molecule has 21 heavy (non-hydrogen) atoms. The van der Waals surface area contributed by atoms with Gasteiger partial charge in [-0.3, -0.25) is 4.79 Å². The zero-order valence-electron chi connectivity index (χ0n) is 12.4. The second-order valence-corrected chi connectivity index (χ2v) is 5.74. The number of halogens is 1. The van der Waals surface area contributed by atoms with Crippen LogP contribution in [0.4, 0.5) is 0 Å². The summed E-state index contributed by atoms with van der Waals surface area (Å²) in [5.41, 5.74) is 1.00. The zero-order valence-corrected chi connectivity index (χ0v) is 13.1. The summed E-state index contributed by atoms with van der Waals surface area (Å²) < 4.78 is 11.1. The number of carbonyl (C=O) groups is 1. The van der Waals surface area contributed by atoms with Gasteiger partial charge in [-0.25, -0.2) is 0 Å². The topological polar surface area (TPSA) is 47.6 Å². The standard InChI is InChI=1S/C16H22ClNO3/c1-12-10-13(17)6-7-15(12)21-9-3-5-16(19)18-11-14-4-2-8-20-14/h6-7,10,14H,2-5,8-9,11H2,1H3,(H,18,19)/t14-/m0/s1. The first-order valence-electron chi connectivity index (χ1n) is 7.42. The van der Waals surface area contributed by atoms with Crippen molar-refractivity contribution >= 4 is 17.5 Å². The molecule has 1 aliphatic heterocycles. The van der Waals surface area contributed by atoms with Gasteiger partial charge < -0.3 is 14.8 Å². The van der Waals surface area contributed by atoms with Gasteiger partial charge in [0.05, 0.1) is 12.7 Å². The van der Waals surface area contributed by atoms with Gasteiger partial charge in [0.15, 0.2) is 0 Å². The maximum Gasteiger partial charge on any atom is 0.220 e. The highest BCUT2D eigenvalue weighted by Crippen LogP contribution is 2.21. The molecule has 1 saturated heterocycles. The van der Waals surface area contributed by atoms with Crippen LogP contribution in [-0.2, 0) is 9.53 Å². The molecule has 1 aliphatic rings. The third-order valence-corrected chi connectivity index (χ3v) is 3.73. The van der Waals surface area contributed by atoms with Crippen molar-refractivity contribution in [3.63, 3.8) is 0 Å². The number of benzene rings is 1. The number of amides is 1. The Balaban J connectivity index is 1.59. The van der Waals surface area contributed by atoms with E-state index in [1.165, 1.54) is 0 Å². The minimum atomic E-state index is 0.0573. The van der Waals surface area contributed by atoms with Crippen molar-refractivity contribution in [3.05, 3.63) is 28.8 Å². The molecule has 4 nitrogen and oxygen atoms in total. The molecule has 0 saturated carbocycles. The number of nitrogens with one attached hydrogen (secondary N) is 1. The van der Waals surface area contributed by atoms with Crippen molar-refractivity contribution in [2.75, 3.05) is 19.8 Å². The number of ether oxygens (including phenoxy) is 2. The highest BCUT2D eigenvalue weighted by molar-refractivity contribution is 6.30. The van der Waals surface area contributed by atoms with Crippen molar-refractivity contribution in [2.24, 2.45) is 0 Å². The highest BCUT2D eigenvalue weighted by atomic mass is 35.5. The SMILES string of the molecule is Cc1cc(Cl)ccc1OCCCC(=O)NC[C@@H]1CCCO1. The summed E-state index contributed by atoms with van der Waals surface area (Å²) in [4.78, 5) is 11.7. The molecule has 0 aliphatic carbocycles. The van der Waals surface area contributed by atoms with Crippen LogP contribution in [0.1, 0.15) is 31.2 Å². The van der Waals surface area contributed by atoms with Crippen LogP contribution in [0, 0.1) is 6.92 Å². The molecule has 2 rings (SSSR count). The van der Waals surface area contributed by atoms with E-state index in [0.29, 0.717) is 31.0 Å². The van der Waals surface area contributed by atoms with E-state index in [-0.39, 0.29) is 12.0 Å². The van der Waals surface area contributed by atoms with Gasteiger partial charge in [0.25, 0.3) is 0 Å². The van der Waals surface area contributed by atoms with E-state index in [1.807, 2.05) is 19.1 Å². The van der Waals surface area contributed by atoms with Gasteiger partial charge in [-0.1, -0.05) is 11.6 Å². The minimum Gasteiger partial charge on any atom is -0.493 e. The lowest BCUT2D eigenvalue weighted by molar-refractivity contribution is -0.121. The zero-order chi connectivity index (χ0) is 15.1. The Morgan fingerprint density at radius 3 is 3.10 bits per heavy atom. The molecular weight excluding hydrogens is 290 g/mol. The maximum absolute atomic E-state index is 11.7. The maximum atomic E-state index is 11.7. The molecule has 1 fully saturated rings. The molecule has 1 amide bonds. The Morgan fingerprint density at radius 1 is 1.52 bits per heavy atom. The Morgan fingerprint density at radius 2 is 2.38 bits per heavy atom. The van der Waals surface area contributed by atoms with E-state index < -0.39 is 0 Å². The van der Waals surface area contributed by atoms with E-state index in [2.05, 4.69) is 5.32 Å². The number of rotatable bonds is 7. The van der Waals surface area contributed by atoms with Crippen LogP contribution < -0.4 is 10.1 Å². The number of carbonyl (C=O) groups excluding carboxylic acids is 1. The number of aryl methyl sites for hydroxylation is 1. The average molecular weight is 312 g/mol. The fraction of sp³-hybridized carbons (Fsp3) is 0.562. The summed E-state index contributed by atoms with van der Waals surface area (Å²) >= 11 is 5.89. The summed E-state index contributed by atoms with van der Waals surface area (Å²) in [6, 6.07) is 5.53. The van der Waals surface area contributed by atoms with Gasteiger partial charge in [0.1, 0.15) is 5.75 Å². The molecular formula is C16H22ClNO3. The monoisotopic (exact) mass is 311 g/mol. The molecule has 0 radical (unpaired) electrons. The van der Waals surface area contributed by atoms with E-state index >= 15 is 0 Å². The second-order valence-electron chi connectivity index (χ2n) is 5.30. The van der Waals surface area contributed by atoms with Gasteiger partial charge >= 0.3 is 0 Å². The third-order valence-electron chi connectivity index (χ3n) is 3.49. The molecule has 1 heterocycles. The van der Waals surface area contributed by atoms with Crippen LogP contribution in [0.2, 0.25) is 5.02 Å². The van der Waals surface area contributed by atoms with Crippen LogP contribution in [-0.4, -0.2) is 31.8 Å².